The van der Waals surface area contributed by atoms with Gasteiger partial charge in [-0.2, -0.15) is 0 Å². The number of benzene rings is 1. The van der Waals surface area contributed by atoms with Gasteiger partial charge in [-0.3, -0.25) is 0 Å². The van der Waals surface area contributed by atoms with Gasteiger partial charge in [0, 0.05) is 12.2 Å². The Kier molecular flexibility index (Phi) is 4.04. The first-order chi connectivity index (χ1) is 7.04. The van der Waals surface area contributed by atoms with Gasteiger partial charge in [-0.25, -0.2) is 19.0 Å². The third-order valence-corrected chi connectivity index (χ3v) is 2.58. The maximum Gasteiger partial charge on any atom is 0.238 e. The lowest BCUT2D eigenvalue weighted by Gasteiger charge is -2.07. The standard InChI is InChI=1S/C8H13N3O3S/c9-15(13,14)8-3-1-7(2-4-8)11-10-5-6-12/h1-4,10-12H,5-6H2,(H2,9,13,14). The molecule has 0 atom stereocenters. The van der Waals surface area contributed by atoms with Gasteiger partial charge in [0.25, 0.3) is 0 Å². The Labute approximate surface area is 88.1 Å². The van der Waals surface area contributed by atoms with Gasteiger partial charge in [0.15, 0.2) is 0 Å². The van der Waals surface area contributed by atoms with Crippen LogP contribution in [0.25, 0.3) is 0 Å². The van der Waals surface area contributed by atoms with Gasteiger partial charge in [-0.1, -0.05) is 0 Å². The second kappa shape index (κ2) is 5.08. The molecule has 6 nitrogen and oxygen atoms in total. The lowest BCUT2D eigenvalue weighted by Crippen LogP contribution is -2.24. The second-order valence-electron chi connectivity index (χ2n) is 2.84. The number of nitrogens with one attached hydrogen (secondary N) is 2. The summed E-state index contributed by atoms with van der Waals surface area (Å²) in [6.45, 7) is 0.416. The van der Waals surface area contributed by atoms with Crippen LogP contribution in [0.1, 0.15) is 0 Å². The molecule has 5 N–H and O–H groups in total. The SMILES string of the molecule is NS(=O)(=O)c1ccc(NNCCO)cc1. The van der Waals surface area contributed by atoms with Crippen LogP contribution in [0.15, 0.2) is 29.2 Å². The number of sulfonamides is 1. The molecule has 0 aliphatic carbocycles. The Hall–Kier alpha value is -1.15. The van der Waals surface area contributed by atoms with Gasteiger partial charge in [-0.15, -0.1) is 0 Å². The Bertz CT molecular complexity index is 402. The van der Waals surface area contributed by atoms with Crippen molar-refractivity contribution >= 4 is 15.7 Å². The molecule has 0 aliphatic heterocycles. The molecule has 84 valence electrons. The van der Waals surface area contributed by atoms with Gasteiger partial charge in [0.2, 0.25) is 10.0 Å². The molecule has 0 saturated carbocycles. The quantitative estimate of drug-likeness (QED) is 0.394. The summed E-state index contributed by atoms with van der Waals surface area (Å²) >= 11 is 0. The Morgan fingerprint density at radius 2 is 1.87 bits per heavy atom. The molecule has 0 heterocycles. The maximum absolute atomic E-state index is 10.9. The van der Waals surface area contributed by atoms with Gasteiger partial charge in [0.1, 0.15) is 0 Å². The highest BCUT2D eigenvalue weighted by Crippen LogP contribution is 2.11. The number of hydrazine groups is 1. The highest BCUT2D eigenvalue weighted by atomic mass is 32.2. The predicted octanol–water partition coefficient (Wildman–Crippen LogP) is -0.757. The number of aliphatic hydroxyl groups excluding tert-OH is 1. The van der Waals surface area contributed by atoms with Crippen LogP contribution in [-0.4, -0.2) is 26.7 Å². The summed E-state index contributed by atoms with van der Waals surface area (Å²) in [6, 6.07) is 5.95. The van der Waals surface area contributed by atoms with Crippen LogP contribution in [0.5, 0.6) is 0 Å². The molecule has 1 aromatic carbocycles. The van der Waals surface area contributed by atoms with Crippen LogP contribution in [0.4, 0.5) is 5.69 Å². The third-order valence-electron chi connectivity index (χ3n) is 1.65. The van der Waals surface area contributed by atoms with E-state index in [1.807, 2.05) is 0 Å². The van der Waals surface area contributed by atoms with Crippen LogP contribution in [0.3, 0.4) is 0 Å². The van der Waals surface area contributed by atoms with E-state index in [-0.39, 0.29) is 11.5 Å². The molecule has 1 rings (SSSR count). The fourth-order valence-electron chi connectivity index (χ4n) is 0.948. The van der Waals surface area contributed by atoms with E-state index in [1.54, 1.807) is 12.1 Å². The van der Waals surface area contributed by atoms with E-state index < -0.39 is 10.0 Å². The van der Waals surface area contributed by atoms with Crippen molar-refractivity contribution in [3.8, 4) is 0 Å². The van der Waals surface area contributed by atoms with Crippen molar-refractivity contribution in [3.05, 3.63) is 24.3 Å². The first-order valence-corrected chi connectivity index (χ1v) is 5.81. The fraction of sp³-hybridized carbons (Fsp3) is 0.250. The molecule has 0 aliphatic rings. The molecule has 0 unspecified atom stereocenters. The smallest absolute Gasteiger partial charge is 0.238 e. The number of aliphatic hydroxyl groups is 1. The Morgan fingerprint density at radius 1 is 1.27 bits per heavy atom. The van der Waals surface area contributed by atoms with Crippen molar-refractivity contribution in [2.75, 3.05) is 18.6 Å². The number of anilines is 1. The molecule has 0 fully saturated rings. The molecule has 0 saturated heterocycles. The van der Waals surface area contributed by atoms with Crippen molar-refractivity contribution in [1.29, 1.82) is 0 Å². The van der Waals surface area contributed by atoms with Crippen LogP contribution in [0, 0.1) is 0 Å². The second-order valence-corrected chi connectivity index (χ2v) is 4.41. The average molecular weight is 231 g/mol. The maximum atomic E-state index is 10.9. The van der Waals surface area contributed by atoms with Gasteiger partial charge >= 0.3 is 0 Å². The van der Waals surface area contributed by atoms with Crippen molar-refractivity contribution in [2.45, 2.75) is 4.90 Å². The zero-order valence-corrected chi connectivity index (χ0v) is 8.79. The van der Waals surface area contributed by atoms with Crippen molar-refractivity contribution in [1.82, 2.24) is 5.43 Å². The first kappa shape index (κ1) is 11.9. The summed E-state index contributed by atoms with van der Waals surface area (Å²) in [6.07, 6.45) is 0. The average Bonchev–Trinajstić information content (AvgIpc) is 2.18. The first-order valence-electron chi connectivity index (χ1n) is 4.26. The molecule has 1 aromatic rings. The molecule has 0 aromatic heterocycles. The Morgan fingerprint density at radius 3 is 2.33 bits per heavy atom. The Balaban J connectivity index is 2.65. The highest BCUT2D eigenvalue weighted by molar-refractivity contribution is 7.89. The van der Waals surface area contributed by atoms with E-state index in [0.29, 0.717) is 12.2 Å². The monoisotopic (exact) mass is 231 g/mol. The van der Waals surface area contributed by atoms with E-state index in [4.69, 9.17) is 10.2 Å². The summed E-state index contributed by atoms with van der Waals surface area (Å²) in [4.78, 5) is 0.0650. The van der Waals surface area contributed by atoms with E-state index in [1.165, 1.54) is 12.1 Å². The fourth-order valence-corrected chi connectivity index (χ4v) is 1.46. The molecule has 7 heteroatoms. The van der Waals surface area contributed by atoms with E-state index in [2.05, 4.69) is 10.9 Å². The van der Waals surface area contributed by atoms with E-state index in [0.717, 1.165) is 0 Å². The minimum Gasteiger partial charge on any atom is -0.395 e. The van der Waals surface area contributed by atoms with E-state index >= 15 is 0 Å². The van der Waals surface area contributed by atoms with Crippen LogP contribution in [0.2, 0.25) is 0 Å². The number of nitrogens with two attached hydrogens (primary N) is 1. The third kappa shape index (κ3) is 3.84. The van der Waals surface area contributed by atoms with Crippen LogP contribution in [-0.2, 0) is 10.0 Å². The minimum absolute atomic E-state index is 0.0161. The van der Waals surface area contributed by atoms with Crippen LogP contribution < -0.4 is 16.0 Å². The van der Waals surface area contributed by atoms with Crippen molar-refractivity contribution in [2.24, 2.45) is 5.14 Å². The summed E-state index contributed by atoms with van der Waals surface area (Å²) in [5.74, 6) is 0. The summed E-state index contributed by atoms with van der Waals surface area (Å²) in [5.41, 5.74) is 6.20. The number of hydrogen-bond donors (Lipinski definition) is 4. The molecule has 15 heavy (non-hydrogen) atoms. The summed E-state index contributed by atoms with van der Waals surface area (Å²) < 4.78 is 21.8. The molecule has 0 bridgehead atoms. The predicted molar refractivity (Wildman–Crippen MR) is 56.5 cm³/mol. The van der Waals surface area contributed by atoms with Gasteiger partial charge in [-0.05, 0) is 24.3 Å². The van der Waals surface area contributed by atoms with Crippen molar-refractivity contribution in [3.63, 3.8) is 0 Å². The zero-order chi connectivity index (χ0) is 11.3. The number of hydrogen-bond acceptors (Lipinski definition) is 5. The van der Waals surface area contributed by atoms with E-state index in [9.17, 15) is 8.42 Å². The lowest BCUT2D eigenvalue weighted by atomic mass is 10.3. The molecule has 0 spiro atoms. The minimum atomic E-state index is -3.63. The van der Waals surface area contributed by atoms with Gasteiger partial charge < -0.3 is 10.5 Å². The molecular formula is C8H13N3O3S. The van der Waals surface area contributed by atoms with Crippen LogP contribution >= 0.6 is 0 Å². The zero-order valence-electron chi connectivity index (χ0n) is 7.97. The highest BCUT2D eigenvalue weighted by Gasteiger charge is 2.05. The number of primary sulfonamides is 1. The summed E-state index contributed by atoms with van der Waals surface area (Å²) in [5, 5.41) is 13.4. The normalized spacial score (nSPS) is 11.3. The number of rotatable bonds is 5. The summed E-state index contributed by atoms with van der Waals surface area (Å²) in [7, 11) is -3.63. The molecule has 0 radical (unpaired) electrons. The largest absolute Gasteiger partial charge is 0.395 e. The molecule has 0 amide bonds. The van der Waals surface area contributed by atoms with Crippen molar-refractivity contribution < 1.29 is 13.5 Å². The molecular weight excluding hydrogens is 218 g/mol. The van der Waals surface area contributed by atoms with Gasteiger partial charge in [0.05, 0.1) is 11.5 Å². The lowest BCUT2D eigenvalue weighted by molar-refractivity contribution is 0.296. The topological polar surface area (TPSA) is 104 Å².